The molecule has 6 nitrogen and oxygen atoms in total. The number of pyridine rings is 1. The zero-order valence-corrected chi connectivity index (χ0v) is 13.6. The number of hydrogen-bond donors (Lipinski definition) is 2. The van der Waals surface area contributed by atoms with Gasteiger partial charge in [0.1, 0.15) is 5.82 Å². The third kappa shape index (κ3) is 4.04. The molecule has 0 bridgehead atoms. The van der Waals surface area contributed by atoms with E-state index in [2.05, 4.69) is 43.4 Å². The van der Waals surface area contributed by atoms with Gasteiger partial charge in [-0.25, -0.2) is 4.98 Å². The summed E-state index contributed by atoms with van der Waals surface area (Å²) in [4.78, 5) is 18.5. The molecule has 21 heavy (non-hydrogen) atoms. The molecule has 2 aromatic rings. The van der Waals surface area contributed by atoms with Crippen molar-refractivity contribution in [2.75, 3.05) is 18.9 Å². The fraction of sp³-hybridized carbons (Fsp3) is 0.357. The Morgan fingerprint density at radius 3 is 2.95 bits per heavy atom. The highest BCUT2D eigenvalue weighted by atomic mass is 79.9. The van der Waals surface area contributed by atoms with Crippen LogP contribution in [0.3, 0.4) is 0 Å². The van der Waals surface area contributed by atoms with E-state index in [-0.39, 0.29) is 5.91 Å². The predicted molar refractivity (Wildman–Crippen MR) is 85.1 cm³/mol. The maximum atomic E-state index is 12.6. The van der Waals surface area contributed by atoms with E-state index in [9.17, 15) is 4.79 Å². The lowest BCUT2D eigenvalue weighted by atomic mass is 10.2. The van der Waals surface area contributed by atoms with E-state index >= 15 is 0 Å². The zero-order valence-electron chi connectivity index (χ0n) is 12.1. The Morgan fingerprint density at radius 1 is 1.48 bits per heavy atom. The van der Waals surface area contributed by atoms with Crippen molar-refractivity contribution in [3.63, 3.8) is 0 Å². The van der Waals surface area contributed by atoms with Crippen LogP contribution in [0.5, 0.6) is 0 Å². The molecule has 1 amide bonds. The van der Waals surface area contributed by atoms with Gasteiger partial charge >= 0.3 is 0 Å². The molecule has 2 heterocycles. The van der Waals surface area contributed by atoms with Gasteiger partial charge in [-0.2, -0.15) is 5.10 Å². The van der Waals surface area contributed by atoms with Gasteiger partial charge in [-0.3, -0.25) is 9.89 Å². The third-order valence-electron chi connectivity index (χ3n) is 2.95. The number of hydrogen-bond acceptors (Lipinski definition) is 4. The van der Waals surface area contributed by atoms with Gasteiger partial charge in [0.25, 0.3) is 5.91 Å². The Kier molecular flexibility index (Phi) is 5.32. The minimum Gasteiger partial charge on any atom is -0.369 e. The van der Waals surface area contributed by atoms with Crippen LogP contribution in [0.1, 0.15) is 29.3 Å². The van der Waals surface area contributed by atoms with E-state index in [1.165, 1.54) is 0 Å². The van der Waals surface area contributed by atoms with Gasteiger partial charge in [0, 0.05) is 42.6 Å². The lowest BCUT2D eigenvalue weighted by molar-refractivity contribution is 0.0785. The van der Waals surface area contributed by atoms with Gasteiger partial charge in [-0.15, -0.1) is 0 Å². The van der Waals surface area contributed by atoms with Crippen molar-refractivity contribution in [2.45, 2.75) is 19.9 Å². The van der Waals surface area contributed by atoms with Crippen molar-refractivity contribution in [1.29, 1.82) is 0 Å². The molecular weight excluding hydrogens is 334 g/mol. The van der Waals surface area contributed by atoms with Crippen LogP contribution in [-0.2, 0) is 6.54 Å². The molecule has 0 fully saturated rings. The molecule has 112 valence electrons. The van der Waals surface area contributed by atoms with Crippen LogP contribution in [0.15, 0.2) is 29.1 Å². The molecule has 0 spiro atoms. The van der Waals surface area contributed by atoms with Gasteiger partial charge in [0.15, 0.2) is 0 Å². The molecule has 2 aromatic heterocycles. The van der Waals surface area contributed by atoms with Crippen LogP contribution in [-0.4, -0.2) is 39.6 Å². The van der Waals surface area contributed by atoms with Crippen LogP contribution in [0, 0.1) is 0 Å². The summed E-state index contributed by atoms with van der Waals surface area (Å²) in [5, 5.41) is 9.81. The van der Waals surface area contributed by atoms with Crippen molar-refractivity contribution in [3.8, 4) is 0 Å². The fourth-order valence-electron chi connectivity index (χ4n) is 1.90. The largest absolute Gasteiger partial charge is 0.369 e. The summed E-state index contributed by atoms with van der Waals surface area (Å²) in [6, 6.07) is 1.79. The number of aromatic nitrogens is 3. The Labute approximate surface area is 132 Å². The number of carbonyl (C=O) groups excluding carboxylic acids is 1. The number of carbonyl (C=O) groups is 1. The van der Waals surface area contributed by atoms with Crippen LogP contribution < -0.4 is 5.32 Å². The maximum absolute atomic E-state index is 12.6. The maximum Gasteiger partial charge on any atom is 0.257 e. The Balaban J connectivity index is 2.18. The lowest BCUT2D eigenvalue weighted by Crippen LogP contribution is -2.27. The standard InChI is InChI=1S/C14H18BrN5O/c1-3-4-16-13-12(5-11(15)8-17-13)14(21)20(2)9-10-6-18-19-7-10/h5-8H,3-4,9H2,1-2H3,(H,16,17)(H,18,19). The summed E-state index contributed by atoms with van der Waals surface area (Å²) in [6.07, 6.45) is 6.14. The average molecular weight is 352 g/mol. The average Bonchev–Trinajstić information content (AvgIpc) is 2.98. The highest BCUT2D eigenvalue weighted by Gasteiger charge is 2.18. The number of amides is 1. The van der Waals surface area contributed by atoms with Gasteiger partial charge in [0.05, 0.1) is 11.8 Å². The van der Waals surface area contributed by atoms with E-state index in [1.54, 1.807) is 36.6 Å². The quantitative estimate of drug-likeness (QED) is 0.838. The summed E-state index contributed by atoms with van der Waals surface area (Å²) in [7, 11) is 1.76. The minimum atomic E-state index is -0.0800. The smallest absolute Gasteiger partial charge is 0.257 e. The van der Waals surface area contributed by atoms with Gasteiger partial charge in [-0.05, 0) is 28.4 Å². The molecule has 0 aliphatic heterocycles. The molecule has 0 radical (unpaired) electrons. The monoisotopic (exact) mass is 351 g/mol. The summed E-state index contributed by atoms with van der Waals surface area (Å²) in [5.74, 6) is 0.535. The number of rotatable bonds is 6. The summed E-state index contributed by atoms with van der Waals surface area (Å²) < 4.78 is 0.782. The van der Waals surface area contributed by atoms with E-state index in [4.69, 9.17) is 0 Å². The van der Waals surface area contributed by atoms with Crippen LogP contribution >= 0.6 is 15.9 Å². The Bertz CT molecular complexity index is 599. The normalized spacial score (nSPS) is 10.4. The zero-order chi connectivity index (χ0) is 15.2. The van der Waals surface area contributed by atoms with Crippen LogP contribution in [0.2, 0.25) is 0 Å². The van der Waals surface area contributed by atoms with Gasteiger partial charge in [-0.1, -0.05) is 6.92 Å². The number of aromatic amines is 1. The first-order valence-corrected chi connectivity index (χ1v) is 7.53. The predicted octanol–water partition coefficient (Wildman–Crippen LogP) is 2.66. The van der Waals surface area contributed by atoms with Crippen LogP contribution in [0.25, 0.3) is 0 Å². The number of nitrogens with zero attached hydrogens (tertiary/aromatic N) is 3. The fourth-order valence-corrected chi connectivity index (χ4v) is 2.23. The van der Waals surface area contributed by atoms with Crippen molar-refractivity contribution in [1.82, 2.24) is 20.1 Å². The van der Waals surface area contributed by atoms with Crippen LogP contribution in [0.4, 0.5) is 5.82 Å². The van der Waals surface area contributed by atoms with Crippen molar-refractivity contribution >= 4 is 27.7 Å². The third-order valence-corrected chi connectivity index (χ3v) is 3.38. The van der Waals surface area contributed by atoms with Crippen molar-refractivity contribution in [2.24, 2.45) is 0 Å². The van der Waals surface area contributed by atoms with E-state index in [0.29, 0.717) is 17.9 Å². The molecule has 2 rings (SSSR count). The number of anilines is 1. The highest BCUT2D eigenvalue weighted by Crippen LogP contribution is 2.20. The Hall–Kier alpha value is -1.89. The molecule has 0 aliphatic rings. The number of nitrogens with one attached hydrogen (secondary N) is 2. The second-order valence-electron chi connectivity index (χ2n) is 4.74. The molecule has 0 saturated heterocycles. The summed E-state index contributed by atoms with van der Waals surface area (Å²) in [6.45, 7) is 3.34. The topological polar surface area (TPSA) is 73.9 Å². The Morgan fingerprint density at radius 2 is 2.29 bits per heavy atom. The lowest BCUT2D eigenvalue weighted by Gasteiger charge is -2.18. The molecular formula is C14H18BrN5O. The SMILES string of the molecule is CCCNc1ncc(Br)cc1C(=O)N(C)Cc1cn[nH]c1. The molecule has 0 atom stereocenters. The first kappa shape index (κ1) is 15.5. The van der Waals surface area contributed by atoms with Crippen molar-refractivity contribution < 1.29 is 4.79 Å². The molecule has 0 aliphatic carbocycles. The van der Waals surface area contributed by atoms with E-state index in [1.807, 2.05) is 0 Å². The van der Waals surface area contributed by atoms with Crippen molar-refractivity contribution in [3.05, 3.63) is 40.3 Å². The molecule has 0 unspecified atom stereocenters. The second-order valence-corrected chi connectivity index (χ2v) is 5.66. The molecule has 7 heteroatoms. The van der Waals surface area contributed by atoms with Gasteiger partial charge in [0.2, 0.25) is 0 Å². The molecule has 2 N–H and O–H groups in total. The second kappa shape index (κ2) is 7.21. The minimum absolute atomic E-state index is 0.0800. The first-order valence-electron chi connectivity index (χ1n) is 6.74. The van der Waals surface area contributed by atoms with Gasteiger partial charge < -0.3 is 10.2 Å². The first-order chi connectivity index (χ1) is 10.1. The van der Waals surface area contributed by atoms with E-state index in [0.717, 1.165) is 23.0 Å². The number of halogens is 1. The van der Waals surface area contributed by atoms with E-state index < -0.39 is 0 Å². The number of H-pyrrole nitrogens is 1. The highest BCUT2D eigenvalue weighted by molar-refractivity contribution is 9.10. The molecule has 0 saturated carbocycles. The summed E-state index contributed by atoms with van der Waals surface area (Å²) in [5.41, 5.74) is 1.51. The summed E-state index contributed by atoms with van der Waals surface area (Å²) >= 11 is 3.37. The molecule has 0 aromatic carbocycles.